The lowest BCUT2D eigenvalue weighted by atomic mass is 9.98. The number of aromatic nitrogens is 2. The molecule has 0 unspecified atom stereocenters. The van der Waals surface area contributed by atoms with Crippen LogP contribution in [0.25, 0.3) is 77.2 Å². The molecule has 45 heavy (non-hydrogen) atoms. The molecule has 3 nitrogen and oxygen atoms in total. The van der Waals surface area contributed by atoms with Crippen LogP contribution in [-0.4, -0.2) is 9.13 Å². The molecule has 0 spiro atoms. The van der Waals surface area contributed by atoms with Crippen LogP contribution in [0, 0.1) is 0 Å². The Morgan fingerprint density at radius 3 is 1.56 bits per heavy atom. The van der Waals surface area contributed by atoms with Gasteiger partial charge in [0.2, 0.25) is 0 Å². The van der Waals surface area contributed by atoms with Gasteiger partial charge < -0.3 is 13.9 Å². The number of fused-ring (bicyclic) bond motifs is 8. The maximum atomic E-state index is 6.67. The number of nitrogens with zero attached hydrogens (tertiary/aromatic N) is 2. The van der Waals surface area contributed by atoms with Gasteiger partial charge >= 0.3 is 0 Å². The van der Waals surface area contributed by atoms with Gasteiger partial charge in [0.05, 0.1) is 27.8 Å². The molecule has 1 aliphatic heterocycles. The Morgan fingerprint density at radius 2 is 0.889 bits per heavy atom. The summed E-state index contributed by atoms with van der Waals surface area (Å²) < 4.78 is 11.4. The van der Waals surface area contributed by atoms with E-state index in [1.165, 1.54) is 49.2 Å². The molecule has 210 valence electrons. The third-order valence-corrected chi connectivity index (χ3v) is 9.34. The first kappa shape index (κ1) is 24.4. The van der Waals surface area contributed by atoms with Crippen molar-refractivity contribution in [3.63, 3.8) is 0 Å². The minimum Gasteiger partial charge on any atom is -0.452 e. The third-order valence-electron chi connectivity index (χ3n) is 9.34. The Balaban J connectivity index is 1.03. The summed E-state index contributed by atoms with van der Waals surface area (Å²) in [5.41, 5.74) is 11.6. The number of benzene rings is 7. The third kappa shape index (κ3) is 3.46. The van der Waals surface area contributed by atoms with Crippen LogP contribution >= 0.6 is 0 Å². The molecular weight excluding hydrogens is 548 g/mol. The first-order valence-corrected chi connectivity index (χ1v) is 15.4. The quantitative estimate of drug-likeness (QED) is 0.205. The lowest BCUT2D eigenvalue weighted by Gasteiger charge is -2.23. The lowest BCUT2D eigenvalue weighted by molar-refractivity contribution is 0.478. The fraction of sp³-hybridized carbons (Fsp3) is 0. The molecule has 0 fully saturated rings. The van der Waals surface area contributed by atoms with Crippen LogP contribution in [0.3, 0.4) is 0 Å². The molecule has 2 aromatic heterocycles. The minimum atomic E-state index is 0.891. The summed E-state index contributed by atoms with van der Waals surface area (Å²) in [6, 6.07) is 56.4. The minimum absolute atomic E-state index is 0.891. The molecule has 10 rings (SSSR count). The number of rotatable bonds is 3. The Labute approximate surface area is 259 Å². The predicted octanol–water partition coefficient (Wildman–Crippen LogP) is 11.3. The van der Waals surface area contributed by atoms with Crippen molar-refractivity contribution in [3.05, 3.63) is 158 Å². The van der Waals surface area contributed by atoms with Crippen LogP contribution in [0.4, 0.5) is 0 Å². The van der Waals surface area contributed by atoms with Gasteiger partial charge in [0.1, 0.15) is 0 Å². The van der Waals surface area contributed by atoms with Crippen molar-refractivity contribution < 1.29 is 4.74 Å². The van der Waals surface area contributed by atoms with Crippen LogP contribution in [0.1, 0.15) is 0 Å². The highest BCUT2D eigenvalue weighted by Gasteiger charge is 2.25. The van der Waals surface area contributed by atoms with Gasteiger partial charge in [-0.1, -0.05) is 115 Å². The molecule has 0 atom stereocenters. The van der Waals surface area contributed by atoms with Gasteiger partial charge in [-0.15, -0.1) is 0 Å². The molecule has 7 aromatic carbocycles. The summed E-state index contributed by atoms with van der Waals surface area (Å²) in [4.78, 5) is 0. The molecule has 0 bridgehead atoms. The average molecular weight is 575 g/mol. The van der Waals surface area contributed by atoms with Gasteiger partial charge in [-0.05, 0) is 59.2 Å². The van der Waals surface area contributed by atoms with Crippen molar-refractivity contribution in [3.8, 4) is 45.1 Å². The monoisotopic (exact) mass is 574 g/mol. The standard InChI is InChI=1S/C42H26N2O/c1-4-14-36-32(9-1)33-10-2-5-15-37(33)43(36)30-25-23-28(24-26-30)27-19-21-29(22-20-27)31-12-7-17-39-42(31)45-40-18-8-13-35-34-11-3-6-16-38(34)44(39)41(35)40/h1-26H. The summed E-state index contributed by atoms with van der Waals surface area (Å²) in [5, 5.41) is 5.01. The molecule has 0 saturated heterocycles. The molecule has 0 aliphatic carbocycles. The Morgan fingerprint density at radius 1 is 0.378 bits per heavy atom. The summed E-state index contributed by atoms with van der Waals surface area (Å²) in [7, 11) is 0. The molecule has 0 saturated carbocycles. The Kier molecular flexibility index (Phi) is 5.00. The van der Waals surface area contributed by atoms with E-state index in [2.05, 4.69) is 167 Å². The fourth-order valence-electron chi connectivity index (χ4n) is 7.31. The summed E-state index contributed by atoms with van der Waals surface area (Å²) >= 11 is 0. The van der Waals surface area contributed by atoms with E-state index in [0.29, 0.717) is 0 Å². The van der Waals surface area contributed by atoms with Crippen LogP contribution < -0.4 is 4.74 Å². The molecule has 9 aromatic rings. The topological polar surface area (TPSA) is 19.1 Å². The Bertz CT molecular complexity index is 2550. The summed E-state index contributed by atoms with van der Waals surface area (Å²) in [6.07, 6.45) is 0. The van der Waals surface area contributed by atoms with Crippen LogP contribution in [0.2, 0.25) is 0 Å². The molecular formula is C42H26N2O. The number of hydrogen-bond donors (Lipinski definition) is 0. The van der Waals surface area contributed by atoms with Crippen LogP contribution in [0.5, 0.6) is 11.5 Å². The normalized spacial score (nSPS) is 12.2. The smallest absolute Gasteiger partial charge is 0.159 e. The van der Waals surface area contributed by atoms with Crippen molar-refractivity contribution >= 4 is 43.6 Å². The Hall–Kier alpha value is -6.06. The second-order valence-corrected chi connectivity index (χ2v) is 11.8. The fourth-order valence-corrected chi connectivity index (χ4v) is 7.31. The average Bonchev–Trinajstić information content (AvgIpc) is 3.63. The van der Waals surface area contributed by atoms with Crippen LogP contribution in [0.15, 0.2) is 158 Å². The summed E-state index contributed by atoms with van der Waals surface area (Å²) in [5.74, 6) is 1.78. The zero-order valence-electron chi connectivity index (χ0n) is 24.3. The van der Waals surface area contributed by atoms with Gasteiger partial charge in [0.15, 0.2) is 11.5 Å². The van der Waals surface area contributed by atoms with Crippen molar-refractivity contribution in [2.45, 2.75) is 0 Å². The first-order valence-electron chi connectivity index (χ1n) is 15.4. The molecule has 0 amide bonds. The van der Waals surface area contributed by atoms with E-state index >= 15 is 0 Å². The van der Waals surface area contributed by atoms with E-state index in [9.17, 15) is 0 Å². The summed E-state index contributed by atoms with van der Waals surface area (Å²) in [6.45, 7) is 0. The SMILES string of the molecule is c1cc(-c2ccc(-c3ccc(-n4c5ccccc5c5ccccc54)cc3)cc2)c2c(c1)-n1c3ccccc3c3cccc(c31)O2. The van der Waals surface area contributed by atoms with Crippen molar-refractivity contribution in [2.75, 3.05) is 0 Å². The predicted molar refractivity (Wildman–Crippen MR) is 186 cm³/mol. The largest absolute Gasteiger partial charge is 0.452 e. The van der Waals surface area contributed by atoms with E-state index in [0.717, 1.165) is 39.5 Å². The number of ether oxygens (including phenoxy) is 1. The van der Waals surface area contributed by atoms with E-state index in [4.69, 9.17) is 4.74 Å². The number of para-hydroxylation sites is 5. The van der Waals surface area contributed by atoms with Gasteiger partial charge in [-0.3, -0.25) is 0 Å². The molecule has 3 heterocycles. The van der Waals surface area contributed by atoms with E-state index < -0.39 is 0 Å². The second kappa shape index (κ2) is 9.22. The van der Waals surface area contributed by atoms with Gasteiger partial charge in [0, 0.05) is 32.8 Å². The highest BCUT2D eigenvalue weighted by Crippen LogP contribution is 2.48. The highest BCUT2D eigenvalue weighted by molar-refractivity contribution is 6.12. The first-order chi connectivity index (χ1) is 22.3. The lowest BCUT2D eigenvalue weighted by Crippen LogP contribution is -2.05. The van der Waals surface area contributed by atoms with Gasteiger partial charge in [-0.25, -0.2) is 0 Å². The molecule has 1 aliphatic rings. The molecule has 3 heteroatoms. The van der Waals surface area contributed by atoms with Crippen LogP contribution in [-0.2, 0) is 0 Å². The number of hydrogen-bond acceptors (Lipinski definition) is 1. The second-order valence-electron chi connectivity index (χ2n) is 11.8. The van der Waals surface area contributed by atoms with Crippen molar-refractivity contribution in [2.24, 2.45) is 0 Å². The van der Waals surface area contributed by atoms with E-state index in [1.807, 2.05) is 0 Å². The van der Waals surface area contributed by atoms with E-state index in [-0.39, 0.29) is 0 Å². The van der Waals surface area contributed by atoms with Gasteiger partial charge in [0.25, 0.3) is 0 Å². The van der Waals surface area contributed by atoms with Gasteiger partial charge in [-0.2, -0.15) is 0 Å². The highest BCUT2D eigenvalue weighted by atomic mass is 16.5. The maximum Gasteiger partial charge on any atom is 0.159 e. The van der Waals surface area contributed by atoms with E-state index in [1.54, 1.807) is 0 Å². The molecule has 0 radical (unpaired) electrons. The van der Waals surface area contributed by atoms with Crippen molar-refractivity contribution in [1.29, 1.82) is 0 Å². The molecule has 0 N–H and O–H groups in total. The zero-order valence-corrected chi connectivity index (χ0v) is 24.3. The maximum absolute atomic E-state index is 6.67. The van der Waals surface area contributed by atoms with Crippen molar-refractivity contribution in [1.82, 2.24) is 9.13 Å². The zero-order chi connectivity index (χ0) is 29.5.